The molecule has 0 radical (unpaired) electrons. The van der Waals surface area contributed by atoms with E-state index >= 15 is 0 Å². The summed E-state index contributed by atoms with van der Waals surface area (Å²) in [5.74, 6) is 0.625. The molecule has 0 amide bonds. The van der Waals surface area contributed by atoms with E-state index in [0.29, 0.717) is 12.4 Å². The summed E-state index contributed by atoms with van der Waals surface area (Å²) in [6.45, 7) is 0.654. The van der Waals surface area contributed by atoms with E-state index in [4.69, 9.17) is 0 Å². The van der Waals surface area contributed by atoms with Gasteiger partial charge in [-0.2, -0.15) is 0 Å². The van der Waals surface area contributed by atoms with Crippen LogP contribution in [0, 0.1) is 10.1 Å². The van der Waals surface area contributed by atoms with Crippen LogP contribution >= 0.6 is 27.3 Å². The molecule has 2 rings (SSSR count). The zero-order valence-corrected chi connectivity index (χ0v) is 11.0. The average molecular weight is 314 g/mol. The van der Waals surface area contributed by atoms with Crippen LogP contribution in [0.15, 0.2) is 34.2 Å². The third-order valence-corrected chi connectivity index (χ3v) is 3.72. The van der Waals surface area contributed by atoms with Crippen molar-refractivity contribution in [1.82, 2.24) is 4.98 Å². The number of pyridine rings is 1. The molecule has 2 aromatic rings. The van der Waals surface area contributed by atoms with E-state index in [0.717, 1.165) is 9.35 Å². The first-order valence-electron chi connectivity index (χ1n) is 4.72. The van der Waals surface area contributed by atoms with Gasteiger partial charge in [0.15, 0.2) is 0 Å². The largest absolute Gasteiger partial charge is 0.365 e. The minimum atomic E-state index is -0.465. The van der Waals surface area contributed by atoms with Gasteiger partial charge in [0, 0.05) is 20.8 Å². The molecule has 2 aromatic heterocycles. The SMILES string of the molecule is O=[N+]([O-])c1ccc(NCc2cc(Br)cs2)nc1. The fourth-order valence-corrected chi connectivity index (χ4v) is 2.61. The highest BCUT2D eigenvalue weighted by molar-refractivity contribution is 9.10. The summed E-state index contributed by atoms with van der Waals surface area (Å²) < 4.78 is 1.05. The summed E-state index contributed by atoms with van der Waals surface area (Å²) in [4.78, 5) is 15.1. The number of rotatable bonds is 4. The van der Waals surface area contributed by atoms with Crippen molar-refractivity contribution in [2.24, 2.45) is 0 Å². The Hall–Kier alpha value is -1.47. The van der Waals surface area contributed by atoms with E-state index < -0.39 is 4.92 Å². The maximum atomic E-state index is 10.4. The monoisotopic (exact) mass is 313 g/mol. The number of aromatic nitrogens is 1. The lowest BCUT2D eigenvalue weighted by Crippen LogP contribution is -1.99. The minimum absolute atomic E-state index is 0.00517. The van der Waals surface area contributed by atoms with Crippen LogP contribution in [0.1, 0.15) is 4.88 Å². The van der Waals surface area contributed by atoms with E-state index in [2.05, 4.69) is 26.2 Å². The van der Waals surface area contributed by atoms with Crippen molar-refractivity contribution in [1.29, 1.82) is 0 Å². The second-order valence-corrected chi connectivity index (χ2v) is 5.15. The second kappa shape index (κ2) is 5.24. The second-order valence-electron chi connectivity index (χ2n) is 3.24. The third-order valence-electron chi connectivity index (χ3n) is 2.02. The molecular formula is C10H8BrN3O2S. The molecule has 0 bridgehead atoms. The lowest BCUT2D eigenvalue weighted by molar-refractivity contribution is -0.385. The summed E-state index contributed by atoms with van der Waals surface area (Å²) >= 11 is 5.01. The number of halogens is 1. The molecule has 1 N–H and O–H groups in total. The molecule has 0 aliphatic carbocycles. The smallest absolute Gasteiger partial charge is 0.287 e. The Morgan fingerprint density at radius 3 is 2.88 bits per heavy atom. The van der Waals surface area contributed by atoms with Crippen LogP contribution in [0.4, 0.5) is 11.5 Å². The average Bonchev–Trinajstić information content (AvgIpc) is 2.73. The van der Waals surface area contributed by atoms with Crippen LogP contribution in [-0.4, -0.2) is 9.91 Å². The van der Waals surface area contributed by atoms with E-state index in [1.807, 2.05) is 11.4 Å². The van der Waals surface area contributed by atoms with Gasteiger partial charge in [0.2, 0.25) is 0 Å². The number of thiophene rings is 1. The van der Waals surface area contributed by atoms with E-state index in [1.54, 1.807) is 17.4 Å². The van der Waals surface area contributed by atoms with Gasteiger partial charge in [-0.3, -0.25) is 10.1 Å². The van der Waals surface area contributed by atoms with Crippen molar-refractivity contribution in [3.63, 3.8) is 0 Å². The Labute approximate surface area is 110 Å². The van der Waals surface area contributed by atoms with E-state index in [-0.39, 0.29) is 5.69 Å². The van der Waals surface area contributed by atoms with Crippen molar-refractivity contribution in [3.05, 3.63) is 49.2 Å². The number of hydrogen-bond donors (Lipinski definition) is 1. The van der Waals surface area contributed by atoms with Gasteiger partial charge in [-0.1, -0.05) is 0 Å². The van der Waals surface area contributed by atoms with Crippen LogP contribution in [-0.2, 0) is 6.54 Å². The van der Waals surface area contributed by atoms with E-state index in [9.17, 15) is 10.1 Å². The van der Waals surface area contributed by atoms with Gasteiger partial charge in [0.25, 0.3) is 5.69 Å². The molecule has 0 spiro atoms. The summed E-state index contributed by atoms with van der Waals surface area (Å²) in [5, 5.41) is 15.5. The molecule has 17 heavy (non-hydrogen) atoms. The van der Waals surface area contributed by atoms with E-state index in [1.165, 1.54) is 12.3 Å². The number of nitro groups is 1. The van der Waals surface area contributed by atoms with Gasteiger partial charge >= 0.3 is 0 Å². The highest BCUT2D eigenvalue weighted by Gasteiger charge is 2.05. The molecule has 0 saturated heterocycles. The molecule has 0 fully saturated rings. The zero-order valence-electron chi connectivity index (χ0n) is 8.59. The van der Waals surface area contributed by atoms with Crippen LogP contribution in [0.3, 0.4) is 0 Å². The normalized spacial score (nSPS) is 10.2. The minimum Gasteiger partial charge on any atom is -0.365 e. The number of hydrogen-bond acceptors (Lipinski definition) is 5. The third kappa shape index (κ3) is 3.24. The van der Waals surface area contributed by atoms with Gasteiger partial charge in [0.05, 0.1) is 11.5 Å². The first-order chi connectivity index (χ1) is 8.15. The maximum absolute atomic E-state index is 10.4. The molecule has 0 aliphatic heterocycles. The molecule has 2 heterocycles. The molecule has 88 valence electrons. The lowest BCUT2D eigenvalue weighted by atomic mass is 10.4. The molecule has 0 atom stereocenters. The van der Waals surface area contributed by atoms with Crippen molar-refractivity contribution < 1.29 is 4.92 Å². The maximum Gasteiger partial charge on any atom is 0.287 e. The molecule has 0 saturated carbocycles. The fraction of sp³-hybridized carbons (Fsp3) is 0.100. The predicted octanol–water partition coefficient (Wildman–Crippen LogP) is 3.43. The molecule has 0 unspecified atom stereocenters. The molecule has 0 aromatic carbocycles. The standard InChI is InChI=1S/C10H8BrN3O2S/c11-7-3-9(17-6-7)5-13-10-2-1-8(4-12-10)14(15)16/h1-4,6H,5H2,(H,12,13). The quantitative estimate of drug-likeness (QED) is 0.693. The Balaban J connectivity index is 1.97. The summed E-state index contributed by atoms with van der Waals surface area (Å²) in [7, 11) is 0. The highest BCUT2D eigenvalue weighted by atomic mass is 79.9. The van der Waals surface area contributed by atoms with Gasteiger partial charge in [-0.15, -0.1) is 11.3 Å². The van der Waals surface area contributed by atoms with Crippen LogP contribution in [0.2, 0.25) is 0 Å². The van der Waals surface area contributed by atoms with Crippen molar-refractivity contribution >= 4 is 38.8 Å². The van der Waals surface area contributed by atoms with Crippen molar-refractivity contribution in [3.8, 4) is 0 Å². The predicted molar refractivity (Wildman–Crippen MR) is 70.2 cm³/mol. The summed E-state index contributed by atoms with van der Waals surface area (Å²) in [6, 6.07) is 5.05. The molecule has 5 nitrogen and oxygen atoms in total. The molecule has 7 heteroatoms. The Morgan fingerprint density at radius 2 is 2.35 bits per heavy atom. The summed E-state index contributed by atoms with van der Waals surface area (Å²) in [6.07, 6.45) is 1.24. The van der Waals surface area contributed by atoms with Crippen molar-refractivity contribution in [2.75, 3.05) is 5.32 Å². The van der Waals surface area contributed by atoms with Gasteiger partial charge in [-0.05, 0) is 28.1 Å². The van der Waals surface area contributed by atoms with Gasteiger partial charge < -0.3 is 5.32 Å². The number of anilines is 1. The highest BCUT2D eigenvalue weighted by Crippen LogP contribution is 2.20. The Kier molecular flexibility index (Phi) is 3.70. The molecular weight excluding hydrogens is 306 g/mol. The summed E-state index contributed by atoms with van der Waals surface area (Å²) in [5.41, 5.74) is -0.00517. The molecule has 0 aliphatic rings. The van der Waals surface area contributed by atoms with Crippen LogP contribution < -0.4 is 5.32 Å². The first-order valence-corrected chi connectivity index (χ1v) is 6.39. The number of nitrogens with one attached hydrogen (secondary N) is 1. The zero-order chi connectivity index (χ0) is 12.3. The number of nitrogens with zero attached hydrogens (tertiary/aromatic N) is 2. The fourth-order valence-electron chi connectivity index (χ4n) is 1.22. The van der Waals surface area contributed by atoms with Gasteiger partial charge in [-0.25, -0.2) is 4.98 Å². The van der Waals surface area contributed by atoms with Crippen LogP contribution in [0.5, 0.6) is 0 Å². The first kappa shape index (κ1) is 12.0. The van der Waals surface area contributed by atoms with Gasteiger partial charge in [0.1, 0.15) is 12.0 Å². The van der Waals surface area contributed by atoms with Crippen LogP contribution in [0.25, 0.3) is 0 Å². The Bertz CT molecular complexity index is 527. The topological polar surface area (TPSA) is 68.1 Å². The lowest BCUT2D eigenvalue weighted by Gasteiger charge is -2.02. The van der Waals surface area contributed by atoms with Crippen molar-refractivity contribution in [2.45, 2.75) is 6.54 Å². The Morgan fingerprint density at radius 1 is 1.53 bits per heavy atom.